The first-order valence-electron chi connectivity index (χ1n) is 5.56. The molecule has 0 unspecified atom stereocenters. The minimum atomic E-state index is -1.18. The van der Waals surface area contributed by atoms with Crippen molar-refractivity contribution < 1.29 is 14.3 Å². The molecule has 1 aromatic carbocycles. The smallest absolute Gasteiger partial charge is 0.358 e. The van der Waals surface area contributed by atoms with Gasteiger partial charge in [0.2, 0.25) is 0 Å². The van der Waals surface area contributed by atoms with Gasteiger partial charge >= 0.3 is 5.97 Å². The zero-order valence-corrected chi connectivity index (χ0v) is 11.0. The summed E-state index contributed by atoms with van der Waals surface area (Å²) >= 11 is 5.99. The van der Waals surface area contributed by atoms with Gasteiger partial charge in [-0.05, 0) is 18.1 Å². The van der Waals surface area contributed by atoms with Crippen molar-refractivity contribution >= 4 is 17.6 Å². The SMILES string of the molecule is CC(C)c1c(C(=O)O)nnn1-c1cc(F)ccc1Cl. The summed E-state index contributed by atoms with van der Waals surface area (Å²) in [5.41, 5.74) is 0.487. The summed E-state index contributed by atoms with van der Waals surface area (Å²) in [7, 11) is 0. The summed E-state index contributed by atoms with van der Waals surface area (Å²) in [6, 6.07) is 3.79. The molecule has 0 bridgehead atoms. The second-order valence-corrected chi connectivity index (χ2v) is 4.70. The van der Waals surface area contributed by atoms with Crippen LogP contribution in [0.1, 0.15) is 35.9 Å². The molecule has 1 heterocycles. The highest BCUT2D eigenvalue weighted by atomic mass is 35.5. The van der Waals surface area contributed by atoms with Gasteiger partial charge in [-0.2, -0.15) is 0 Å². The average molecular weight is 284 g/mol. The Labute approximate surface area is 113 Å². The molecule has 5 nitrogen and oxygen atoms in total. The van der Waals surface area contributed by atoms with Crippen LogP contribution >= 0.6 is 11.6 Å². The quantitative estimate of drug-likeness (QED) is 0.940. The van der Waals surface area contributed by atoms with Crippen LogP contribution in [0.2, 0.25) is 5.02 Å². The van der Waals surface area contributed by atoms with Crippen molar-refractivity contribution in [1.82, 2.24) is 15.0 Å². The number of hydrogen-bond donors (Lipinski definition) is 1. The third-order valence-electron chi connectivity index (χ3n) is 2.59. The Morgan fingerprint density at radius 2 is 2.16 bits per heavy atom. The predicted octanol–water partition coefficient (Wildman–Crippen LogP) is 2.88. The second kappa shape index (κ2) is 4.97. The molecule has 0 aliphatic carbocycles. The van der Waals surface area contributed by atoms with Crippen LogP contribution in [0, 0.1) is 5.82 Å². The number of benzene rings is 1. The first-order chi connectivity index (χ1) is 8.91. The zero-order valence-electron chi connectivity index (χ0n) is 10.3. The lowest BCUT2D eigenvalue weighted by atomic mass is 10.1. The highest BCUT2D eigenvalue weighted by molar-refractivity contribution is 6.32. The van der Waals surface area contributed by atoms with E-state index < -0.39 is 11.8 Å². The normalized spacial score (nSPS) is 11.0. The van der Waals surface area contributed by atoms with E-state index in [0.29, 0.717) is 5.69 Å². The Bertz CT molecular complexity index is 640. The van der Waals surface area contributed by atoms with Gasteiger partial charge in [0.15, 0.2) is 5.69 Å². The molecule has 2 aromatic rings. The number of rotatable bonds is 3. The first kappa shape index (κ1) is 13.5. The van der Waals surface area contributed by atoms with Gasteiger partial charge in [-0.3, -0.25) is 0 Å². The van der Waals surface area contributed by atoms with Crippen LogP contribution in [0.15, 0.2) is 18.2 Å². The number of aromatic nitrogens is 3. The van der Waals surface area contributed by atoms with Crippen molar-refractivity contribution in [3.8, 4) is 5.69 Å². The van der Waals surface area contributed by atoms with Crippen molar-refractivity contribution in [2.45, 2.75) is 19.8 Å². The maximum absolute atomic E-state index is 13.3. The van der Waals surface area contributed by atoms with Gasteiger partial charge in [0, 0.05) is 6.07 Å². The molecule has 2 rings (SSSR count). The molecule has 0 saturated carbocycles. The summed E-state index contributed by atoms with van der Waals surface area (Å²) in [6.07, 6.45) is 0. The summed E-state index contributed by atoms with van der Waals surface area (Å²) in [5, 5.41) is 16.7. The molecule has 0 amide bonds. The van der Waals surface area contributed by atoms with Crippen LogP contribution in [-0.2, 0) is 0 Å². The van der Waals surface area contributed by atoms with E-state index in [0.717, 1.165) is 0 Å². The highest BCUT2D eigenvalue weighted by Gasteiger charge is 2.23. The zero-order chi connectivity index (χ0) is 14.2. The predicted molar refractivity (Wildman–Crippen MR) is 67.4 cm³/mol. The van der Waals surface area contributed by atoms with Crippen molar-refractivity contribution in [2.75, 3.05) is 0 Å². The van der Waals surface area contributed by atoms with Gasteiger partial charge < -0.3 is 5.11 Å². The fourth-order valence-corrected chi connectivity index (χ4v) is 1.98. The minimum Gasteiger partial charge on any atom is -0.476 e. The lowest BCUT2D eigenvalue weighted by molar-refractivity contribution is 0.0688. The summed E-state index contributed by atoms with van der Waals surface area (Å²) in [6.45, 7) is 3.60. The van der Waals surface area contributed by atoms with Crippen LogP contribution in [0.5, 0.6) is 0 Å². The Morgan fingerprint density at radius 1 is 1.47 bits per heavy atom. The van der Waals surface area contributed by atoms with Crippen LogP contribution in [0.25, 0.3) is 5.69 Å². The van der Waals surface area contributed by atoms with Crippen molar-refractivity contribution in [2.24, 2.45) is 0 Å². The maximum Gasteiger partial charge on any atom is 0.358 e. The Morgan fingerprint density at radius 3 is 2.74 bits per heavy atom. The first-order valence-corrected chi connectivity index (χ1v) is 5.94. The third kappa shape index (κ3) is 2.44. The van der Waals surface area contributed by atoms with Gasteiger partial charge in [-0.15, -0.1) is 5.10 Å². The largest absolute Gasteiger partial charge is 0.476 e. The lowest BCUT2D eigenvalue weighted by Gasteiger charge is -2.11. The van der Waals surface area contributed by atoms with Crippen LogP contribution in [0.4, 0.5) is 4.39 Å². The highest BCUT2D eigenvalue weighted by Crippen LogP contribution is 2.26. The number of hydrogen-bond acceptors (Lipinski definition) is 3. The molecule has 7 heteroatoms. The second-order valence-electron chi connectivity index (χ2n) is 4.29. The molecule has 0 aliphatic rings. The van der Waals surface area contributed by atoms with Crippen LogP contribution in [-0.4, -0.2) is 26.1 Å². The molecule has 0 atom stereocenters. The molecule has 100 valence electrons. The van der Waals surface area contributed by atoms with Gasteiger partial charge in [0.1, 0.15) is 5.82 Å². The van der Waals surface area contributed by atoms with Crippen LogP contribution < -0.4 is 0 Å². The molecule has 0 radical (unpaired) electrons. The van der Waals surface area contributed by atoms with E-state index in [1.54, 1.807) is 13.8 Å². The Kier molecular flexibility index (Phi) is 3.53. The molecule has 0 spiro atoms. The van der Waals surface area contributed by atoms with E-state index in [1.807, 2.05) is 0 Å². The molecule has 0 saturated heterocycles. The lowest BCUT2D eigenvalue weighted by Crippen LogP contribution is -2.09. The van der Waals surface area contributed by atoms with E-state index in [1.165, 1.54) is 22.9 Å². The summed E-state index contributed by atoms with van der Waals surface area (Å²) < 4.78 is 14.6. The Hall–Kier alpha value is -1.95. The van der Waals surface area contributed by atoms with Gasteiger partial charge in [0.05, 0.1) is 16.4 Å². The number of carbonyl (C=O) groups is 1. The molecule has 19 heavy (non-hydrogen) atoms. The number of aromatic carboxylic acids is 1. The van der Waals surface area contributed by atoms with Gasteiger partial charge in [-0.25, -0.2) is 13.9 Å². The third-order valence-corrected chi connectivity index (χ3v) is 2.91. The van der Waals surface area contributed by atoms with Gasteiger partial charge in [0.25, 0.3) is 0 Å². The molecule has 1 aromatic heterocycles. The van der Waals surface area contributed by atoms with Crippen molar-refractivity contribution in [3.63, 3.8) is 0 Å². The fraction of sp³-hybridized carbons (Fsp3) is 0.250. The van der Waals surface area contributed by atoms with Crippen molar-refractivity contribution in [1.29, 1.82) is 0 Å². The van der Waals surface area contributed by atoms with Gasteiger partial charge in [-0.1, -0.05) is 30.7 Å². The van der Waals surface area contributed by atoms with Crippen LogP contribution in [0.3, 0.4) is 0 Å². The van der Waals surface area contributed by atoms with E-state index in [-0.39, 0.29) is 22.3 Å². The van der Waals surface area contributed by atoms with E-state index in [2.05, 4.69) is 10.3 Å². The molecular weight excluding hydrogens is 273 g/mol. The molecule has 1 N–H and O–H groups in total. The average Bonchev–Trinajstić information content (AvgIpc) is 2.76. The fourth-order valence-electron chi connectivity index (χ4n) is 1.79. The maximum atomic E-state index is 13.3. The van der Waals surface area contributed by atoms with E-state index in [4.69, 9.17) is 16.7 Å². The topological polar surface area (TPSA) is 68.0 Å². The minimum absolute atomic E-state index is 0.152. The summed E-state index contributed by atoms with van der Waals surface area (Å²) in [4.78, 5) is 11.1. The molecule has 0 fully saturated rings. The molecule has 0 aliphatic heterocycles. The Balaban J connectivity index is 2.69. The number of carboxylic acid groups (broad SMARTS) is 1. The standard InChI is InChI=1S/C12H11ClFN3O2/c1-6(2)11-10(12(18)19)15-16-17(11)9-5-7(14)3-4-8(9)13/h3-6H,1-2H3,(H,18,19). The van der Waals surface area contributed by atoms with E-state index >= 15 is 0 Å². The van der Waals surface area contributed by atoms with E-state index in [9.17, 15) is 9.18 Å². The number of carboxylic acids is 1. The number of halogens is 2. The number of nitrogens with zero attached hydrogens (tertiary/aromatic N) is 3. The summed E-state index contributed by atoms with van der Waals surface area (Å²) in [5.74, 6) is -1.82. The monoisotopic (exact) mass is 283 g/mol. The van der Waals surface area contributed by atoms with Crippen molar-refractivity contribution in [3.05, 3.63) is 40.4 Å². The molecular formula is C12H11ClFN3O2.